The van der Waals surface area contributed by atoms with Gasteiger partial charge in [-0.15, -0.1) is 0 Å². The van der Waals surface area contributed by atoms with Gasteiger partial charge in [-0.3, -0.25) is 9.69 Å². The van der Waals surface area contributed by atoms with E-state index in [1.165, 1.54) is 0 Å². The van der Waals surface area contributed by atoms with Gasteiger partial charge >= 0.3 is 0 Å². The van der Waals surface area contributed by atoms with Gasteiger partial charge in [0.05, 0.1) is 19.8 Å². The van der Waals surface area contributed by atoms with Crippen molar-refractivity contribution in [1.82, 2.24) is 20.4 Å². The van der Waals surface area contributed by atoms with Crippen molar-refractivity contribution in [3.63, 3.8) is 0 Å². The number of nitrogens with zero attached hydrogens (tertiary/aromatic N) is 2. The zero-order valence-corrected chi connectivity index (χ0v) is 13.4. The number of amides is 1. The lowest BCUT2D eigenvalue weighted by atomic mass is 10.1. The highest BCUT2D eigenvalue weighted by Gasteiger charge is 2.21. The molecule has 2 aliphatic rings. The topological polar surface area (TPSA) is 56.8 Å². The Bertz CT molecular complexity index is 321. The number of likely N-dealkylation sites (N-methyl/N-ethyl adjacent to an activating group) is 2. The van der Waals surface area contributed by atoms with E-state index in [9.17, 15) is 4.79 Å². The number of piperidine rings is 1. The number of carbonyl (C=O) groups excluding carboxylic acids is 1. The van der Waals surface area contributed by atoms with Crippen molar-refractivity contribution in [2.45, 2.75) is 18.9 Å². The molecule has 2 rings (SSSR count). The van der Waals surface area contributed by atoms with E-state index in [1.807, 2.05) is 0 Å². The van der Waals surface area contributed by atoms with Crippen molar-refractivity contribution in [2.24, 2.45) is 5.92 Å². The predicted octanol–water partition coefficient (Wildman–Crippen LogP) is -0.635. The second-order valence-corrected chi connectivity index (χ2v) is 6.40. The maximum atomic E-state index is 12.1. The largest absolute Gasteiger partial charge is 0.380 e. The van der Waals surface area contributed by atoms with Crippen molar-refractivity contribution in [2.75, 3.05) is 66.6 Å². The Morgan fingerprint density at radius 1 is 1.43 bits per heavy atom. The van der Waals surface area contributed by atoms with E-state index in [4.69, 9.17) is 4.74 Å². The second-order valence-electron chi connectivity index (χ2n) is 6.40. The number of rotatable bonds is 5. The fraction of sp³-hybridized carbons (Fsp3) is 0.933. The number of carbonyl (C=O) groups is 1. The SMILES string of the molecule is CN1CCOCC(CNC(=O)CN(C)C2CCNCC2)C1. The van der Waals surface area contributed by atoms with E-state index >= 15 is 0 Å². The van der Waals surface area contributed by atoms with E-state index in [-0.39, 0.29) is 5.91 Å². The monoisotopic (exact) mass is 298 g/mol. The Kier molecular flexibility index (Phi) is 6.89. The van der Waals surface area contributed by atoms with Crippen LogP contribution in [0.25, 0.3) is 0 Å². The van der Waals surface area contributed by atoms with Crippen molar-refractivity contribution < 1.29 is 9.53 Å². The highest BCUT2D eigenvalue weighted by atomic mass is 16.5. The van der Waals surface area contributed by atoms with Crippen LogP contribution in [0.4, 0.5) is 0 Å². The van der Waals surface area contributed by atoms with Crippen molar-refractivity contribution in [1.29, 1.82) is 0 Å². The van der Waals surface area contributed by atoms with Crippen LogP contribution < -0.4 is 10.6 Å². The summed E-state index contributed by atoms with van der Waals surface area (Å²) < 4.78 is 5.58. The highest BCUT2D eigenvalue weighted by Crippen LogP contribution is 2.09. The van der Waals surface area contributed by atoms with Crippen LogP contribution in [0.1, 0.15) is 12.8 Å². The average molecular weight is 298 g/mol. The number of nitrogens with one attached hydrogen (secondary N) is 2. The summed E-state index contributed by atoms with van der Waals surface area (Å²) in [7, 11) is 4.16. The molecule has 2 fully saturated rings. The summed E-state index contributed by atoms with van der Waals surface area (Å²) in [6.07, 6.45) is 2.26. The van der Waals surface area contributed by atoms with E-state index in [1.54, 1.807) is 0 Å². The van der Waals surface area contributed by atoms with Crippen molar-refractivity contribution in [3.05, 3.63) is 0 Å². The maximum Gasteiger partial charge on any atom is 0.234 e. The summed E-state index contributed by atoms with van der Waals surface area (Å²) in [4.78, 5) is 16.5. The fourth-order valence-electron chi connectivity index (χ4n) is 3.10. The molecule has 0 saturated carbocycles. The molecule has 0 aliphatic carbocycles. The molecule has 0 aromatic heterocycles. The van der Waals surface area contributed by atoms with Gasteiger partial charge in [0.25, 0.3) is 0 Å². The van der Waals surface area contributed by atoms with Gasteiger partial charge in [0.15, 0.2) is 0 Å². The van der Waals surface area contributed by atoms with Crippen LogP contribution in [0, 0.1) is 5.92 Å². The average Bonchev–Trinajstić information content (AvgIpc) is 2.70. The molecule has 2 heterocycles. The zero-order valence-electron chi connectivity index (χ0n) is 13.4. The Morgan fingerprint density at radius 3 is 2.95 bits per heavy atom. The Balaban J connectivity index is 1.66. The number of hydrogen-bond acceptors (Lipinski definition) is 5. The van der Waals surface area contributed by atoms with Crippen LogP contribution in [0.5, 0.6) is 0 Å². The molecule has 2 N–H and O–H groups in total. The van der Waals surface area contributed by atoms with E-state index in [0.717, 1.165) is 52.2 Å². The standard InChI is InChI=1S/C15H30N4O2/c1-18-7-8-21-12-13(10-18)9-17-15(20)11-19(2)14-3-5-16-6-4-14/h13-14,16H,3-12H2,1-2H3,(H,17,20). The van der Waals surface area contributed by atoms with Crippen molar-refractivity contribution in [3.8, 4) is 0 Å². The summed E-state index contributed by atoms with van der Waals surface area (Å²) >= 11 is 0. The van der Waals surface area contributed by atoms with Crippen LogP contribution in [-0.2, 0) is 9.53 Å². The lowest BCUT2D eigenvalue weighted by Gasteiger charge is -2.31. The molecule has 6 nitrogen and oxygen atoms in total. The van der Waals surface area contributed by atoms with Crippen molar-refractivity contribution >= 4 is 5.91 Å². The first-order valence-electron chi connectivity index (χ1n) is 8.09. The quantitative estimate of drug-likeness (QED) is 0.707. The summed E-state index contributed by atoms with van der Waals surface area (Å²) in [6, 6.07) is 0.532. The smallest absolute Gasteiger partial charge is 0.234 e. The molecule has 6 heteroatoms. The molecule has 0 aromatic rings. The van der Waals surface area contributed by atoms with Crippen LogP contribution in [0.2, 0.25) is 0 Å². The summed E-state index contributed by atoms with van der Waals surface area (Å²) in [5.41, 5.74) is 0. The third kappa shape index (κ3) is 5.90. The number of ether oxygens (including phenoxy) is 1. The van der Waals surface area contributed by atoms with Gasteiger partial charge in [-0.2, -0.15) is 0 Å². The molecule has 1 unspecified atom stereocenters. The third-order valence-corrected chi connectivity index (χ3v) is 4.45. The predicted molar refractivity (Wildman–Crippen MR) is 83.3 cm³/mol. The fourth-order valence-corrected chi connectivity index (χ4v) is 3.10. The van der Waals surface area contributed by atoms with Gasteiger partial charge in [-0.1, -0.05) is 0 Å². The second kappa shape index (κ2) is 8.68. The van der Waals surface area contributed by atoms with Gasteiger partial charge in [0.1, 0.15) is 0 Å². The van der Waals surface area contributed by atoms with Gasteiger partial charge < -0.3 is 20.3 Å². The molecular weight excluding hydrogens is 268 g/mol. The molecule has 1 amide bonds. The molecule has 0 radical (unpaired) electrons. The van der Waals surface area contributed by atoms with Crippen LogP contribution in [-0.4, -0.2) is 88.3 Å². The lowest BCUT2D eigenvalue weighted by Crippen LogP contribution is -2.46. The Hall–Kier alpha value is -0.690. The third-order valence-electron chi connectivity index (χ3n) is 4.45. The molecular formula is C15H30N4O2. The first kappa shape index (κ1) is 16.7. The first-order chi connectivity index (χ1) is 10.1. The first-order valence-corrected chi connectivity index (χ1v) is 8.09. The summed E-state index contributed by atoms with van der Waals surface area (Å²) in [6.45, 7) is 6.82. The molecule has 2 saturated heterocycles. The minimum atomic E-state index is 0.128. The summed E-state index contributed by atoms with van der Waals surface area (Å²) in [5.74, 6) is 0.522. The van der Waals surface area contributed by atoms with Gasteiger partial charge in [-0.25, -0.2) is 0 Å². The molecule has 21 heavy (non-hydrogen) atoms. The van der Waals surface area contributed by atoms with E-state index in [2.05, 4.69) is 34.5 Å². The molecule has 1 atom stereocenters. The molecule has 122 valence electrons. The molecule has 0 bridgehead atoms. The minimum Gasteiger partial charge on any atom is -0.380 e. The Labute approximate surface area is 128 Å². The number of hydrogen-bond donors (Lipinski definition) is 2. The van der Waals surface area contributed by atoms with Crippen LogP contribution in [0.15, 0.2) is 0 Å². The summed E-state index contributed by atoms with van der Waals surface area (Å²) in [5, 5.41) is 6.42. The highest BCUT2D eigenvalue weighted by molar-refractivity contribution is 5.78. The van der Waals surface area contributed by atoms with Gasteiger partial charge in [-0.05, 0) is 40.0 Å². The van der Waals surface area contributed by atoms with E-state index < -0.39 is 0 Å². The van der Waals surface area contributed by atoms with Gasteiger partial charge in [0, 0.05) is 31.6 Å². The maximum absolute atomic E-state index is 12.1. The molecule has 0 spiro atoms. The minimum absolute atomic E-state index is 0.128. The zero-order chi connectivity index (χ0) is 15.1. The molecule has 2 aliphatic heterocycles. The normalized spacial score (nSPS) is 25.8. The Morgan fingerprint density at radius 2 is 2.19 bits per heavy atom. The van der Waals surface area contributed by atoms with Crippen LogP contribution in [0.3, 0.4) is 0 Å². The van der Waals surface area contributed by atoms with E-state index in [0.29, 0.717) is 25.0 Å². The molecule has 0 aromatic carbocycles. The van der Waals surface area contributed by atoms with Gasteiger partial charge in [0.2, 0.25) is 5.91 Å². The van der Waals surface area contributed by atoms with Crippen LogP contribution >= 0.6 is 0 Å². The lowest BCUT2D eigenvalue weighted by molar-refractivity contribution is -0.122.